The molecule has 8 atom stereocenters. The van der Waals surface area contributed by atoms with Crippen molar-refractivity contribution in [1.29, 1.82) is 0 Å². The van der Waals surface area contributed by atoms with Crippen LogP contribution in [0.15, 0.2) is 84.9 Å². The first-order chi connectivity index (χ1) is 29.3. The van der Waals surface area contributed by atoms with Crippen molar-refractivity contribution in [3.05, 3.63) is 113 Å². The second kappa shape index (κ2) is 15.8. The topological polar surface area (TPSA) is 179 Å². The van der Waals surface area contributed by atoms with Crippen LogP contribution < -0.4 is 5.32 Å². The van der Waals surface area contributed by atoms with Crippen LogP contribution in [0.2, 0.25) is 0 Å². The lowest BCUT2D eigenvalue weighted by atomic mass is 9.62. The average molecular weight is 836 g/mol. The van der Waals surface area contributed by atoms with Crippen LogP contribution in [-0.4, -0.2) is 120 Å². The molecule has 4 saturated heterocycles. The molecular formula is C46H49N3O12. The van der Waals surface area contributed by atoms with Crippen molar-refractivity contribution < 1.29 is 57.6 Å². The van der Waals surface area contributed by atoms with Crippen molar-refractivity contribution in [3.8, 4) is 0 Å². The van der Waals surface area contributed by atoms with Gasteiger partial charge in [0.1, 0.15) is 42.5 Å². The largest absolute Gasteiger partial charge is 0.462 e. The summed E-state index contributed by atoms with van der Waals surface area (Å²) in [7, 11) is 1.56. The molecule has 3 aromatic carbocycles. The van der Waals surface area contributed by atoms with Crippen LogP contribution in [0.3, 0.4) is 0 Å². The van der Waals surface area contributed by atoms with E-state index in [0.29, 0.717) is 24.0 Å². The Morgan fingerprint density at radius 1 is 0.951 bits per heavy atom. The Balaban J connectivity index is 1.06. The van der Waals surface area contributed by atoms with Gasteiger partial charge in [0.15, 0.2) is 11.8 Å². The van der Waals surface area contributed by atoms with Crippen LogP contribution in [0.25, 0.3) is 6.08 Å². The number of aliphatic hydroxyl groups excluding tert-OH is 1. The summed E-state index contributed by atoms with van der Waals surface area (Å²) in [6, 6.07) is 22.2. The van der Waals surface area contributed by atoms with Gasteiger partial charge >= 0.3 is 17.9 Å². The minimum absolute atomic E-state index is 0.01000. The van der Waals surface area contributed by atoms with Gasteiger partial charge in [-0.1, -0.05) is 92.7 Å². The van der Waals surface area contributed by atoms with Gasteiger partial charge in [0.05, 0.1) is 13.2 Å². The van der Waals surface area contributed by atoms with Crippen molar-refractivity contribution in [2.75, 3.05) is 26.8 Å². The summed E-state index contributed by atoms with van der Waals surface area (Å²) < 4.78 is 30.5. The number of hydroxylamine groups is 2. The second-order valence-corrected chi connectivity index (χ2v) is 17.5. The third-order valence-electron chi connectivity index (χ3n) is 13.0. The predicted octanol–water partition coefficient (Wildman–Crippen LogP) is 2.45. The van der Waals surface area contributed by atoms with E-state index >= 15 is 4.79 Å². The summed E-state index contributed by atoms with van der Waals surface area (Å²) in [5.74, 6) is -4.03. The lowest BCUT2D eigenvalue weighted by Gasteiger charge is -2.50. The van der Waals surface area contributed by atoms with Crippen LogP contribution >= 0.6 is 0 Å². The molecule has 4 aliphatic heterocycles. The number of carbonyl (C=O) groups is 5. The first kappa shape index (κ1) is 40.9. The number of nitrogens with zero attached hydrogens (tertiary/aromatic N) is 2. The number of likely N-dealkylation sites (N-methyl/N-ethyl adjacent to an activating group) is 1. The van der Waals surface area contributed by atoms with Crippen molar-refractivity contribution in [3.63, 3.8) is 0 Å². The minimum Gasteiger partial charge on any atom is -0.462 e. The monoisotopic (exact) mass is 835 g/mol. The highest BCUT2D eigenvalue weighted by molar-refractivity contribution is 5.96. The van der Waals surface area contributed by atoms with Gasteiger partial charge in [0.25, 0.3) is 0 Å². The molecule has 61 heavy (non-hydrogen) atoms. The number of rotatable bonds is 12. The first-order valence-electron chi connectivity index (χ1n) is 20.7. The molecule has 0 aromatic heterocycles. The van der Waals surface area contributed by atoms with Crippen molar-refractivity contribution in [2.24, 2.45) is 10.8 Å². The fraction of sp³-hybridized carbons (Fsp3) is 0.457. The van der Waals surface area contributed by atoms with Crippen LogP contribution in [0.1, 0.15) is 48.1 Å². The van der Waals surface area contributed by atoms with E-state index in [1.165, 1.54) is 16.0 Å². The molecule has 15 heteroatoms. The smallest absolute Gasteiger partial charge is 0.348 e. The lowest BCUT2D eigenvalue weighted by Crippen LogP contribution is -2.70. The number of aliphatic hydroxyl groups is 1. The van der Waals surface area contributed by atoms with Crippen molar-refractivity contribution in [1.82, 2.24) is 15.3 Å². The number of nitrogens with one attached hydrogen (secondary N) is 1. The van der Waals surface area contributed by atoms with Gasteiger partial charge in [0.2, 0.25) is 17.9 Å². The lowest BCUT2D eigenvalue weighted by molar-refractivity contribution is -0.218. The molecule has 2 N–H and O–H groups in total. The molecule has 3 aromatic rings. The number of amides is 2. The quantitative estimate of drug-likeness (QED) is 0.155. The van der Waals surface area contributed by atoms with Gasteiger partial charge in [-0.05, 0) is 33.9 Å². The Kier molecular flexibility index (Phi) is 10.6. The van der Waals surface area contributed by atoms with E-state index in [2.05, 4.69) is 5.32 Å². The molecule has 1 spiro atoms. The van der Waals surface area contributed by atoms with E-state index < -0.39 is 88.9 Å². The molecule has 9 rings (SSSR count). The molecule has 2 aliphatic carbocycles. The highest BCUT2D eigenvalue weighted by Gasteiger charge is 2.77. The zero-order chi connectivity index (χ0) is 42.7. The van der Waals surface area contributed by atoms with Crippen molar-refractivity contribution >= 4 is 35.8 Å². The van der Waals surface area contributed by atoms with Gasteiger partial charge < -0.3 is 39.0 Å². The highest BCUT2D eigenvalue weighted by Crippen LogP contribution is 2.59. The maximum Gasteiger partial charge on any atom is 0.348 e. The van der Waals surface area contributed by atoms with Crippen molar-refractivity contribution in [2.45, 2.75) is 94.5 Å². The Morgan fingerprint density at radius 2 is 1.64 bits per heavy atom. The Hall–Kier alpha value is -5.45. The van der Waals surface area contributed by atoms with E-state index in [4.69, 9.17) is 28.5 Å². The number of hydrogen-bond donors (Lipinski definition) is 2. The number of carbonyl (C=O) groups excluding carboxylic acids is 5. The van der Waals surface area contributed by atoms with Crippen LogP contribution in [0.5, 0.6) is 0 Å². The molecule has 1 saturated carbocycles. The van der Waals surface area contributed by atoms with Gasteiger partial charge in [-0.3, -0.25) is 19.2 Å². The molecule has 0 unspecified atom stereocenters. The summed E-state index contributed by atoms with van der Waals surface area (Å²) >= 11 is 0. The maximum atomic E-state index is 15.6. The van der Waals surface area contributed by atoms with E-state index in [9.17, 15) is 24.3 Å². The van der Waals surface area contributed by atoms with Crippen LogP contribution in [0.4, 0.5) is 0 Å². The minimum atomic E-state index is -1.58. The summed E-state index contributed by atoms with van der Waals surface area (Å²) in [5.41, 5.74) is 1.94. The van der Waals surface area contributed by atoms with Crippen LogP contribution in [-0.2, 0) is 78.3 Å². The van der Waals surface area contributed by atoms with E-state index in [0.717, 1.165) is 16.7 Å². The normalized spacial score (nSPS) is 29.4. The molecule has 320 valence electrons. The third-order valence-corrected chi connectivity index (χ3v) is 13.0. The summed E-state index contributed by atoms with van der Waals surface area (Å²) in [6.45, 7) is 3.38. The SMILES string of the molecule is CN(C(=O)[C@@]12C[C@H]3OC(=O)[C@@H]1N(Cc1ccccc1C=CC(=O)O[C@H]1C(=O)OCC1(C)C)O[C@@H]2[C@H]1OC2(Cc4ccccc4C2)O[C@H]13)[C@H](Cc1ccccc1)C(=O)NCCO. The standard InChI is InChI=1S/C46H49N3O12/c1-44(2)26-56-42(54)39(44)58-34(51)18-17-28-13-7-10-16-31(28)25-49-37-41(53)57-33-24-46(37,43(55)48(3)32(40(52)47-19-20-50)21-27-11-5-4-6-12-27)38(61-49)36-35(33)59-45(60-36)22-29-14-8-9-15-30(29)23-45/h4-18,32-33,35-39,50H,19-26H2,1-3H3,(H,47,52)/t32-,33-,35+,36+,37+,38-,39+,46+/m1/s1. The second-order valence-electron chi connectivity index (χ2n) is 17.5. The molecular weight excluding hydrogens is 787 g/mol. The average Bonchev–Trinajstić information content (AvgIpc) is 3.99. The molecule has 15 nitrogen and oxygen atoms in total. The van der Waals surface area contributed by atoms with Gasteiger partial charge in [0, 0.05) is 50.8 Å². The number of benzene rings is 3. The number of ether oxygens (including phenoxy) is 5. The molecule has 2 amide bonds. The van der Waals surface area contributed by atoms with E-state index in [1.54, 1.807) is 45.2 Å². The zero-order valence-electron chi connectivity index (χ0n) is 34.2. The number of hydrogen-bond acceptors (Lipinski definition) is 13. The summed E-state index contributed by atoms with van der Waals surface area (Å²) in [5, 5.41) is 13.8. The molecule has 4 heterocycles. The third kappa shape index (κ3) is 7.21. The Morgan fingerprint density at radius 3 is 2.34 bits per heavy atom. The number of fused-ring (bicyclic) bond motifs is 5. The number of esters is 3. The molecule has 0 radical (unpaired) electrons. The van der Waals surface area contributed by atoms with Gasteiger partial charge in [-0.2, -0.15) is 5.06 Å². The fourth-order valence-corrected chi connectivity index (χ4v) is 10.0. The predicted molar refractivity (Wildman–Crippen MR) is 214 cm³/mol. The molecule has 6 aliphatic rings. The summed E-state index contributed by atoms with van der Waals surface area (Å²) in [4.78, 5) is 77.5. The van der Waals surface area contributed by atoms with E-state index in [-0.39, 0.29) is 39.1 Å². The van der Waals surface area contributed by atoms with Crippen LogP contribution in [0, 0.1) is 10.8 Å². The van der Waals surface area contributed by atoms with E-state index in [1.807, 2.05) is 60.7 Å². The van der Waals surface area contributed by atoms with Gasteiger partial charge in [-0.25, -0.2) is 9.59 Å². The highest BCUT2D eigenvalue weighted by atomic mass is 16.8. The fourth-order valence-electron chi connectivity index (χ4n) is 10.0. The Bertz CT molecular complexity index is 2240. The number of cyclic esters (lactones) is 1. The van der Waals surface area contributed by atoms with Gasteiger partial charge in [-0.15, -0.1) is 0 Å². The molecule has 2 bridgehead atoms. The summed E-state index contributed by atoms with van der Waals surface area (Å²) in [6.07, 6.45) is -0.593. The first-order valence-corrected chi connectivity index (χ1v) is 20.7. The zero-order valence-corrected chi connectivity index (χ0v) is 34.2. The Labute approximate surface area is 352 Å². The molecule has 5 fully saturated rings. The maximum absolute atomic E-state index is 15.6.